The van der Waals surface area contributed by atoms with Gasteiger partial charge in [0.25, 0.3) is 0 Å². The number of aldehydes is 1. The molecule has 2 atom stereocenters. The van der Waals surface area contributed by atoms with Gasteiger partial charge in [-0.1, -0.05) is 18.2 Å². The lowest BCUT2D eigenvalue weighted by Crippen LogP contribution is -2.15. The molecule has 0 saturated heterocycles. The van der Waals surface area contributed by atoms with E-state index in [1.54, 1.807) is 6.07 Å². The predicted molar refractivity (Wildman–Crippen MR) is 60.0 cm³/mol. The number of hydrogen-bond acceptors (Lipinski definition) is 1. The molecule has 2 unspecified atom stereocenters. The van der Waals surface area contributed by atoms with E-state index in [2.05, 4.69) is 0 Å². The quantitative estimate of drug-likeness (QED) is 0.753. The molecule has 0 amide bonds. The van der Waals surface area contributed by atoms with Gasteiger partial charge < -0.3 is 4.79 Å². The van der Waals surface area contributed by atoms with Crippen molar-refractivity contribution in [1.29, 1.82) is 0 Å². The Morgan fingerprint density at radius 2 is 2.00 bits per heavy atom. The molecule has 0 spiro atoms. The lowest BCUT2D eigenvalue weighted by atomic mass is 9.87. The van der Waals surface area contributed by atoms with Crippen molar-refractivity contribution in [3.8, 4) is 0 Å². The van der Waals surface area contributed by atoms with Crippen molar-refractivity contribution in [3.05, 3.63) is 35.4 Å². The third-order valence-corrected chi connectivity index (χ3v) is 4.26. The van der Waals surface area contributed by atoms with Gasteiger partial charge in [-0.05, 0) is 36.8 Å². The van der Waals surface area contributed by atoms with E-state index in [4.69, 9.17) is 0 Å². The van der Waals surface area contributed by atoms with E-state index < -0.39 is 11.7 Å². The fourth-order valence-electron chi connectivity index (χ4n) is 3.10. The van der Waals surface area contributed by atoms with Gasteiger partial charge in [0.15, 0.2) is 0 Å². The highest BCUT2D eigenvalue weighted by molar-refractivity contribution is 5.65. The maximum atomic E-state index is 12.7. The van der Waals surface area contributed by atoms with Crippen molar-refractivity contribution >= 4 is 6.29 Å². The molecule has 1 nitrogen and oxygen atoms in total. The highest BCUT2D eigenvalue weighted by Crippen LogP contribution is 2.65. The highest BCUT2D eigenvalue weighted by atomic mass is 19.4. The Bertz CT molecular complexity index is 490. The largest absolute Gasteiger partial charge is 0.416 e. The number of benzene rings is 1. The van der Waals surface area contributed by atoms with Crippen LogP contribution in [0.2, 0.25) is 0 Å². The molecule has 3 rings (SSSR count). The van der Waals surface area contributed by atoms with Crippen molar-refractivity contribution in [1.82, 2.24) is 0 Å². The molecule has 2 aliphatic carbocycles. The first-order valence-corrected chi connectivity index (χ1v) is 6.11. The van der Waals surface area contributed by atoms with Gasteiger partial charge in [0.2, 0.25) is 0 Å². The Kier molecular flexibility index (Phi) is 2.34. The first-order valence-electron chi connectivity index (χ1n) is 6.11. The van der Waals surface area contributed by atoms with Gasteiger partial charge in [0.1, 0.15) is 6.29 Å². The number of hydrogen-bond donors (Lipinski definition) is 0. The van der Waals surface area contributed by atoms with Crippen LogP contribution in [0.15, 0.2) is 24.3 Å². The van der Waals surface area contributed by atoms with E-state index in [0.29, 0.717) is 17.9 Å². The minimum absolute atomic E-state index is 0.0894. The summed E-state index contributed by atoms with van der Waals surface area (Å²) in [5, 5.41) is 0. The van der Waals surface area contributed by atoms with Crippen molar-refractivity contribution in [2.24, 2.45) is 11.8 Å². The second-order valence-electron chi connectivity index (χ2n) is 5.34. The van der Waals surface area contributed by atoms with Crippen LogP contribution in [0.3, 0.4) is 0 Å². The number of rotatable bonds is 3. The summed E-state index contributed by atoms with van der Waals surface area (Å²) in [5.74, 6) is 0.310. The van der Waals surface area contributed by atoms with Crippen LogP contribution in [0.4, 0.5) is 13.2 Å². The SMILES string of the molecule is O=CC1CC1(c1cccc(C(F)(F)F)c1)C1CC1. The third-order valence-electron chi connectivity index (χ3n) is 4.26. The minimum atomic E-state index is -4.31. The normalized spacial score (nSPS) is 31.2. The van der Waals surface area contributed by atoms with Crippen molar-refractivity contribution in [3.63, 3.8) is 0 Å². The molecule has 0 heterocycles. The highest BCUT2D eigenvalue weighted by Gasteiger charge is 2.63. The summed E-state index contributed by atoms with van der Waals surface area (Å²) >= 11 is 0. The monoisotopic (exact) mass is 254 g/mol. The number of carbonyl (C=O) groups is 1. The molecule has 0 N–H and O–H groups in total. The van der Waals surface area contributed by atoms with Gasteiger partial charge in [0.05, 0.1) is 5.56 Å². The molecule has 2 aliphatic rings. The zero-order chi connectivity index (χ0) is 13.0. The Labute approximate surface area is 103 Å². The maximum absolute atomic E-state index is 12.7. The first kappa shape index (κ1) is 11.8. The lowest BCUT2D eigenvalue weighted by Gasteiger charge is -2.17. The van der Waals surface area contributed by atoms with Crippen molar-refractivity contribution in [2.45, 2.75) is 30.9 Å². The molecule has 1 aromatic rings. The average molecular weight is 254 g/mol. The summed E-state index contributed by atoms with van der Waals surface area (Å²) in [7, 11) is 0. The van der Waals surface area contributed by atoms with Crippen LogP contribution in [0.25, 0.3) is 0 Å². The van der Waals surface area contributed by atoms with Gasteiger partial charge in [0, 0.05) is 11.3 Å². The number of alkyl halides is 3. The maximum Gasteiger partial charge on any atom is 0.416 e. The summed E-state index contributed by atoms with van der Waals surface area (Å²) in [4.78, 5) is 10.9. The fraction of sp³-hybridized carbons (Fsp3) is 0.500. The molecule has 2 saturated carbocycles. The van der Waals surface area contributed by atoms with Gasteiger partial charge >= 0.3 is 6.18 Å². The topological polar surface area (TPSA) is 17.1 Å². The van der Waals surface area contributed by atoms with E-state index >= 15 is 0 Å². The Morgan fingerprint density at radius 3 is 2.50 bits per heavy atom. The van der Waals surface area contributed by atoms with Crippen LogP contribution in [0.5, 0.6) is 0 Å². The zero-order valence-corrected chi connectivity index (χ0v) is 9.70. The van der Waals surface area contributed by atoms with Crippen LogP contribution in [0.1, 0.15) is 30.4 Å². The zero-order valence-electron chi connectivity index (χ0n) is 9.70. The molecule has 4 heteroatoms. The molecule has 2 fully saturated rings. The molecule has 0 bridgehead atoms. The van der Waals surface area contributed by atoms with E-state index in [1.165, 1.54) is 12.1 Å². The van der Waals surface area contributed by atoms with E-state index in [9.17, 15) is 18.0 Å². The second kappa shape index (κ2) is 3.59. The standard InChI is InChI=1S/C14H13F3O/c15-14(16,17)11-3-1-2-10(6-11)13(9-4-5-9)7-12(13)8-18/h1-3,6,8-9,12H,4-5,7H2. The number of carbonyl (C=O) groups excluding carboxylic acids is 1. The molecule has 0 radical (unpaired) electrons. The van der Waals surface area contributed by atoms with Crippen molar-refractivity contribution in [2.75, 3.05) is 0 Å². The van der Waals surface area contributed by atoms with Crippen LogP contribution in [0, 0.1) is 11.8 Å². The average Bonchev–Trinajstić information content (AvgIpc) is 3.20. The van der Waals surface area contributed by atoms with Gasteiger partial charge in [-0.25, -0.2) is 0 Å². The van der Waals surface area contributed by atoms with Crippen LogP contribution < -0.4 is 0 Å². The fourth-order valence-corrected chi connectivity index (χ4v) is 3.10. The Morgan fingerprint density at radius 1 is 1.28 bits per heavy atom. The molecule has 0 aromatic heterocycles. The minimum Gasteiger partial charge on any atom is -0.303 e. The van der Waals surface area contributed by atoms with Crippen LogP contribution >= 0.6 is 0 Å². The van der Waals surface area contributed by atoms with Gasteiger partial charge in [-0.3, -0.25) is 0 Å². The van der Waals surface area contributed by atoms with E-state index in [0.717, 1.165) is 25.2 Å². The summed E-state index contributed by atoms with van der Waals surface area (Å²) in [6, 6.07) is 5.49. The van der Waals surface area contributed by atoms with E-state index in [1.807, 2.05) is 0 Å². The summed E-state index contributed by atoms with van der Waals surface area (Å²) in [5.41, 5.74) is -0.211. The smallest absolute Gasteiger partial charge is 0.303 e. The molecule has 18 heavy (non-hydrogen) atoms. The van der Waals surface area contributed by atoms with Gasteiger partial charge in [-0.2, -0.15) is 13.2 Å². The molecular formula is C14H13F3O. The first-order chi connectivity index (χ1) is 8.48. The van der Waals surface area contributed by atoms with Crippen molar-refractivity contribution < 1.29 is 18.0 Å². The van der Waals surface area contributed by atoms with Crippen LogP contribution in [-0.2, 0) is 16.4 Å². The predicted octanol–water partition coefficient (Wildman–Crippen LogP) is 3.57. The summed E-state index contributed by atoms with van der Waals surface area (Å²) < 4.78 is 38.1. The molecular weight excluding hydrogens is 241 g/mol. The molecule has 96 valence electrons. The van der Waals surface area contributed by atoms with Gasteiger partial charge in [-0.15, -0.1) is 0 Å². The summed E-state index contributed by atoms with van der Waals surface area (Å²) in [6.45, 7) is 0. The van der Waals surface area contributed by atoms with Crippen LogP contribution in [-0.4, -0.2) is 6.29 Å². The number of halogens is 3. The Balaban J connectivity index is 1.99. The molecule has 1 aromatic carbocycles. The van der Waals surface area contributed by atoms with E-state index in [-0.39, 0.29) is 11.3 Å². The Hall–Kier alpha value is -1.32. The second-order valence-corrected chi connectivity index (χ2v) is 5.34. The third kappa shape index (κ3) is 1.66. The summed E-state index contributed by atoms with van der Waals surface area (Å²) in [6.07, 6.45) is -0.644. The lowest BCUT2D eigenvalue weighted by molar-refractivity contribution is -0.137. The molecule has 0 aliphatic heterocycles.